The molecule has 0 aromatic carbocycles. The molecule has 2 aromatic rings. The fourth-order valence-electron chi connectivity index (χ4n) is 2.83. The lowest BCUT2D eigenvalue weighted by atomic mass is 10.2. The van der Waals surface area contributed by atoms with Gasteiger partial charge in [0.25, 0.3) is 5.91 Å². The van der Waals surface area contributed by atoms with Crippen LogP contribution >= 0.6 is 0 Å². The van der Waals surface area contributed by atoms with Crippen molar-refractivity contribution in [2.75, 3.05) is 24.1 Å². The molecule has 1 aliphatic heterocycles. The van der Waals surface area contributed by atoms with Crippen LogP contribution in [0.1, 0.15) is 29.8 Å². The second kappa shape index (κ2) is 6.85. The SMILES string of the molecule is Cn1cc(S(=O)(=O)N2CCCCC2)cc1C(=O)Nc1ccc(N)nc1. The van der Waals surface area contributed by atoms with Gasteiger partial charge >= 0.3 is 0 Å². The first-order valence-corrected chi connectivity index (χ1v) is 9.51. The maximum Gasteiger partial charge on any atom is 0.272 e. The van der Waals surface area contributed by atoms with Crippen LogP contribution in [0.15, 0.2) is 35.5 Å². The highest BCUT2D eigenvalue weighted by atomic mass is 32.2. The maximum absolute atomic E-state index is 12.7. The number of piperidine rings is 1. The summed E-state index contributed by atoms with van der Waals surface area (Å²) in [5.74, 6) is -0.0547. The van der Waals surface area contributed by atoms with Gasteiger partial charge in [-0.3, -0.25) is 4.79 Å². The van der Waals surface area contributed by atoms with Gasteiger partial charge in [-0.05, 0) is 31.0 Å². The third-order valence-corrected chi connectivity index (χ3v) is 6.07. The molecule has 1 saturated heterocycles. The number of nitrogen functional groups attached to an aromatic ring is 1. The van der Waals surface area contributed by atoms with Crippen LogP contribution in [0.4, 0.5) is 11.5 Å². The molecule has 0 radical (unpaired) electrons. The predicted molar refractivity (Wildman–Crippen MR) is 94.6 cm³/mol. The number of nitrogens with zero attached hydrogens (tertiary/aromatic N) is 3. The summed E-state index contributed by atoms with van der Waals surface area (Å²) in [6, 6.07) is 4.62. The molecule has 134 valence electrons. The van der Waals surface area contributed by atoms with Crippen LogP contribution in [0, 0.1) is 0 Å². The van der Waals surface area contributed by atoms with E-state index in [4.69, 9.17) is 5.73 Å². The monoisotopic (exact) mass is 363 g/mol. The number of carbonyl (C=O) groups excluding carboxylic acids is 1. The van der Waals surface area contributed by atoms with Gasteiger partial charge in [0.15, 0.2) is 0 Å². The highest BCUT2D eigenvalue weighted by Gasteiger charge is 2.28. The quantitative estimate of drug-likeness (QED) is 0.854. The Bertz CT molecular complexity index is 868. The lowest BCUT2D eigenvalue weighted by Crippen LogP contribution is -2.35. The fourth-order valence-corrected chi connectivity index (χ4v) is 4.42. The molecule has 0 unspecified atom stereocenters. The van der Waals surface area contributed by atoms with E-state index in [-0.39, 0.29) is 10.6 Å². The summed E-state index contributed by atoms with van der Waals surface area (Å²) in [5.41, 5.74) is 6.26. The summed E-state index contributed by atoms with van der Waals surface area (Å²) in [7, 11) is -1.93. The summed E-state index contributed by atoms with van der Waals surface area (Å²) in [6.07, 6.45) is 5.69. The van der Waals surface area contributed by atoms with E-state index in [1.807, 2.05) is 0 Å². The lowest BCUT2D eigenvalue weighted by molar-refractivity contribution is 0.101. The molecule has 0 saturated carbocycles. The minimum Gasteiger partial charge on any atom is -0.384 e. The number of rotatable bonds is 4. The maximum atomic E-state index is 12.7. The second-order valence-corrected chi connectivity index (χ2v) is 8.00. The van der Waals surface area contributed by atoms with E-state index in [9.17, 15) is 13.2 Å². The van der Waals surface area contributed by atoms with E-state index in [0.29, 0.717) is 24.6 Å². The van der Waals surface area contributed by atoms with Gasteiger partial charge in [0.05, 0.1) is 11.9 Å². The number of hydrogen-bond acceptors (Lipinski definition) is 5. The number of pyridine rings is 1. The Labute approximate surface area is 146 Å². The zero-order valence-electron chi connectivity index (χ0n) is 14.0. The number of sulfonamides is 1. The topological polar surface area (TPSA) is 110 Å². The van der Waals surface area contributed by atoms with Crippen LogP contribution in [0.25, 0.3) is 0 Å². The van der Waals surface area contributed by atoms with E-state index < -0.39 is 15.9 Å². The summed E-state index contributed by atoms with van der Waals surface area (Å²) in [6.45, 7) is 1.05. The number of aryl methyl sites for hydroxylation is 1. The van der Waals surface area contributed by atoms with Crippen LogP contribution in [-0.2, 0) is 17.1 Å². The molecule has 3 N–H and O–H groups in total. The molecule has 1 aliphatic rings. The average molecular weight is 363 g/mol. The molecule has 3 heterocycles. The van der Waals surface area contributed by atoms with Gasteiger partial charge < -0.3 is 15.6 Å². The van der Waals surface area contributed by atoms with Crippen molar-refractivity contribution in [2.24, 2.45) is 7.05 Å². The summed E-state index contributed by atoms with van der Waals surface area (Å²) in [4.78, 5) is 16.5. The second-order valence-electron chi connectivity index (χ2n) is 6.06. The first-order chi connectivity index (χ1) is 11.9. The van der Waals surface area contributed by atoms with Crippen LogP contribution in [0.3, 0.4) is 0 Å². The van der Waals surface area contributed by atoms with Crippen LogP contribution < -0.4 is 11.1 Å². The molecule has 0 atom stereocenters. The number of amides is 1. The van der Waals surface area contributed by atoms with E-state index >= 15 is 0 Å². The Morgan fingerprint density at radius 1 is 1.24 bits per heavy atom. The van der Waals surface area contributed by atoms with Crippen molar-refractivity contribution < 1.29 is 13.2 Å². The van der Waals surface area contributed by atoms with Crippen LogP contribution in [0.2, 0.25) is 0 Å². The number of aromatic nitrogens is 2. The normalized spacial score (nSPS) is 15.9. The van der Waals surface area contributed by atoms with Gasteiger partial charge in [0, 0.05) is 26.3 Å². The number of hydrogen-bond donors (Lipinski definition) is 2. The molecule has 3 rings (SSSR count). The Kier molecular flexibility index (Phi) is 4.78. The predicted octanol–water partition coefficient (Wildman–Crippen LogP) is 1.43. The number of carbonyl (C=O) groups is 1. The summed E-state index contributed by atoms with van der Waals surface area (Å²) in [5, 5.41) is 2.68. The van der Waals surface area contributed by atoms with E-state index in [1.165, 1.54) is 27.3 Å². The highest BCUT2D eigenvalue weighted by Crippen LogP contribution is 2.22. The van der Waals surface area contributed by atoms with Gasteiger partial charge in [0.1, 0.15) is 16.4 Å². The zero-order valence-corrected chi connectivity index (χ0v) is 14.8. The molecule has 0 bridgehead atoms. The van der Waals surface area contributed by atoms with Crippen molar-refractivity contribution in [1.82, 2.24) is 13.9 Å². The van der Waals surface area contributed by atoms with Crippen molar-refractivity contribution >= 4 is 27.4 Å². The third-order valence-electron chi connectivity index (χ3n) is 4.21. The molecule has 8 nitrogen and oxygen atoms in total. The lowest BCUT2D eigenvalue weighted by Gasteiger charge is -2.25. The smallest absolute Gasteiger partial charge is 0.272 e. The molecule has 25 heavy (non-hydrogen) atoms. The van der Waals surface area contributed by atoms with Crippen molar-refractivity contribution in [3.05, 3.63) is 36.3 Å². The summed E-state index contributed by atoms with van der Waals surface area (Å²) >= 11 is 0. The number of nitrogens with one attached hydrogen (secondary N) is 1. The van der Waals surface area contributed by atoms with Crippen molar-refractivity contribution in [1.29, 1.82) is 0 Å². The van der Waals surface area contributed by atoms with Gasteiger partial charge in [0.2, 0.25) is 10.0 Å². The van der Waals surface area contributed by atoms with Gasteiger partial charge in [-0.25, -0.2) is 13.4 Å². The number of nitrogens with two attached hydrogens (primary N) is 1. The van der Waals surface area contributed by atoms with Gasteiger partial charge in [-0.2, -0.15) is 4.31 Å². The van der Waals surface area contributed by atoms with Crippen molar-refractivity contribution in [3.63, 3.8) is 0 Å². The average Bonchev–Trinajstić information content (AvgIpc) is 3.00. The first-order valence-electron chi connectivity index (χ1n) is 8.07. The van der Waals surface area contributed by atoms with E-state index in [0.717, 1.165) is 19.3 Å². The molecule has 0 aliphatic carbocycles. The third kappa shape index (κ3) is 3.67. The molecule has 1 fully saturated rings. The van der Waals surface area contributed by atoms with Crippen LogP contribution in [-0.4, -0.2) is 41.3 Å². The minimum atomic E-state index is -3.57. The number of anilines is 2. The minimum absolute atomic E-state index is 0.137. The van der Waals surface area contributed by atoms with Crippen molar-refractivity contribution in [3.8, 4) is 0 Å². The molecule has 2 aromatic heterocycles. The van der Waals surface area contributed by atoms with E-state index in [1.54, 1.807) is 19.2 Å². The van der Waals surface area contributed by atoms with Crippen molar-refractivity contribution in [2.45, 2.75) is 24.2 Å². The summed E-state index contributed by atoms with van der Waals surface area (Å²) < 4.78 is 28.5. The molecular formula is C16H21N5O3S. The standard InChI is InChI=1S/C16H21N5O3S/c1-20-11-13(25(23,24)21-7-3-2-4-8-21)9-14(20)16(22)19-12-5-6-15(17)18-10-12/h5-6,9-11H,2-4,7-8H2,1H3,(H2,17,18)(H,19,22). The molecular weight excluding hydrogens is 342 g/mol. The van der Waals surface area contributed by atoms with Gasteiger partial charge in [-0.1, -0.05) is 6.42 Å². The molecule has 9 heteroatoms. The first kappa shape index (κ1) is 17.4. The largest absolute Gasteiger partial charge is 0.384 e. The molecule has 0 spiro atoms. The Balaban J connectivity index is 1.81. The Hall–Kier alpha value is -2.39. The fraction of sp³-hybridized carbons (Fsp3) is 0.375. The molecule has 1 amide bonds. The van der Waals surface area contributed by atoms with Crippen LogP contribution in [0.5, 0.6) is 0 Å². The Morgan fingerprint density at radius 2 is 1.96 bits per heavy atom. The highest BCUT2D eigenvalue weighted by molar-refractivity contribution is 7.89. The zero-order chi connectivity index (χ0) is 18.0. The Morgan fingerprint density at radius 3 is 2.60 bits per heavy atom. The van der Waals surface area contributed by atoms with E-state index in [2.05, 4.69) is 10.3 Å². The van der Waals surface area contributed by atoms with Gasteiger partial charge in [-0.15, -0.1) is 0 Å².